The van der Waals surface area contributed by atoms with Gasteiger partial charge in [-0.2, -0.15) is 5.10 Å². The Morgan fingerprint density at radius 3 is 2.86 bits per heavy atom. The molecule has 0 aromatic carbocycles. The van der Waals surface area contributed by atoms with Crippen molar-refractivity contribution in [3.05, 3.63) is 36.2 Å². The van der Waals surface area contributed by atoms with Crippen molar-refractivity contribution in [2.45, 2.75) is 53.6 Å². The van der Waals surface area contributed by atoms with Crippen LogP contribution in [0, 0.1) is 25.7 Å². The summed E-state index contributed by atoms with van der Waals surface area (Å²) in [5.74, 6) is 2.10. The van der Waals surface area contributed by atoms with E-state index in [-0.39, 0.29) is 0 Å². The van der Waals surface area contributed by atoms with E-state index < -0.39 is 0 Å². The molecule has 3 rings (SSSR count). The minimum Gasteiger partial charge on any atom is -0.357 e. The summed E-state index contributed by atoms with van der Waals surface area (Å²) in [4.78, 5) is 11.6. The van der Waals surface area contributed by atoms with Crippen LogP contribution in [0.15, 0.2) is 29.8 Å². The molecule has 0 saturated carbocycles. The number of likely N-dealkylation sites (tertiary alicyclic amines) is 1. The molecule has 7 heteroatoms. The molecule has 0 spiro atoms. The van der Waals surface area contributed by atoms with E-state index in [1.54, 1.807) is 0 Å². The molecule has 2 aromatic rings. The van der Waals surface area contributed by atoms with Crippen LogP contribution in [0.3, 0.4) is 0 Å². The SMILES string of the molecule is CCNC(=NCC(C)Cn1nc(C)cc1C)N1CCC(C)C(n2ccnc2)C1. The highest BCUT2D eigenvalue weighted by atomic mass is 15.3. The number of piperidine rings is 1. The molecule has 2 aromatic heterocycles. The molecule has 3 heterocycles. The van der Waals surface area contributed by atoms with Crippen LogP contribution >= 0.6 is 0 Å². The Hall–Kier alpha value is -2.31. The first-order chi connectivity index (χ1) is 13.5. The molecule has 1 aliphatic rings. The lowest BCUT2D eigenvalue weighted by Crippen LogP contribution is -2.49. The van der Waals surface area contributed by atoms with Gasteiger partial charge >= 0.3 is 0 Å². The second-order valence-corrected chi connectivity index (χ2v) is 8.20. The molecule has 7 nitrogen and oxygen atoms in total. The van der Waals surface area contributed by atoms with Gasteiger partial charge in [0.2, 0.25) is 0 Å². The van der Waals surface area contributed by atoms with Gasteiger partial charge in [0, 0.05) is 50.8 Å². The van der Waals surface area contributed by atoms with Gasteiger partial charge in [-0.05, 0) is 45.1 Å². The summed E-state index contributed by atoms with van der Waals surface area (Å²) in [7, 11) is 0. The highest BCUT2D eigenvalue weighted by Gasteiger charge is 2.28. The van der Waals surface area contributed by atoms with Crippen LogP contribution in [0.2, 0.25) is 0 Å². The first kappa shape index (κ1) is 20.4. The van der Waals surface area contributed by atoms with Crippen LogP contribution in [-0.2, 0) is 6.54 Å². The van der Waals surface area contributed by atoms with Crippen LogP contribution in [0.4, 0.5) is 0 Å². The van der Waals surface area contributed by atoms with Crippen LogP contribution in [0.1, 0.15) is 44.6 Å². The molecule has 0 radical (unpaired) electrons. The molecule has 0 aliphatic carbocycles. The molecule has 1 saturated heterocycles. The van der Waals surface area contributed by atoms with Crippen molar-refractivity contribution in [3.63, 3.8) is 0 Å². The van der Waals surface area contributed by atoms with Crippen molar-refractivity contribution in [1.82, 2.24) is 29.5 Å². The average Bonchev–Trinajstić information content (AvgIpc) is 3.29. The van der Waals surface area contributed by atoms with Crippen LogP contribution < -0.4 is 5.32 Å². The first-order valence-corrected chi connectivity index (χ1v) is 10.5. The van der Waals surface area contributed by atoms with Gasteiger partial charge in [-0.3, -0.25) is 9.67 Å². The minimum absolute atomic E-state index is 0.430. The second kappa shape index (κ2) is 9.26. The summed E-state index contributed by atoms with van der Waals surface area (Å²) in [5.41, 5.74) is 2.29. The Balaban J connectivity index is 1.65. The molecule has 1 aliphatic heterocycles. The van der Waals surface area contributed by atoms with Crippen molar-refractivity contribution in [3.8, 4) is 0 Å². The third kappa shape index (κ3) is 4.94. The first-order valence-electron chi connectivity index (χ1n) is 10.5. The number of rotatable bonds is 6. The van der Waals surface area contributed by atoms with Gasteiger partial charge < -0.3 is 14.8 Å². The molecule has 0 bridgehead atoms. The topological polar surface area (TPSA) is 63.3 Å². The highest BCUT2D eigenvalue weighted by Crippen LogP contribution is 2.27. The van der Waals surface area contributed by atoms with Gasteiger partial charge in [-0.25, -0.2) is 4.98 Å². The molecular formula is C21H35N7. The summed E-state index contributed by atoms with van der Waals surface area (Å²) in [5, 5.41) is 8.08. The maximum atomic E-state index is 4.98. The van der Waals surface area contributed by atoms with Crippen molar-refractivity contribution >= 4 is 5.96 Å². The Labute approximate surface area is 168 Å². The Kier molecular flexibility index (Phi) is 6.75. The lowest BCUT2D eigenvalue weighted by atomic mass is 9.93. The third-order valence-electron chi connectivity index (χ3n) is 5.60. The number of hydrogen-bond acceptors (Lipinski definition) is 3. The number of aliphatic imine (C=N–C) groups is 1. The second-order valence-electron chi connectivity index (χ2n) is 8.20. The maximum absolute atomic E-state index is 4.98. The number of nitrogens with one attached hydrogen (secondary N) is 1. The fourth-order valence-electron chi connectivity index (χ4n) is 3.98. The number of hydrogen-bond donors (Lipinski definition) is 1. The van der Waals surface area contributed by atoms with E-state index in [0.29, 0.717) is 17.9 Å². The zero-order valence-electron chi connectivity index (χ0n) is 18.0. The van der Waals surface area contributed by atoms with Gasteiger partial charge in [-0.15, -0.1) is 0 Å². The van der Waals surface area contributed by atoms with Crippen molar-refractivity contribution in [1.29, 1.82) is 0 Å². The van der Waals surface area contributed by atoms with E-state index in [1.807, 2.05) is 19.4 Å². The van der Waals surface area contributed by atoms with Gasteiger partial charge in [0.15, 0.2) is 5.96 Å². The number of aryl methyl sites for hydroxylation is 2. The van der Waals surface area contributed by atoms with Crippen molar-refractivity contribution in [2.75, 3.05) is 26.2 Å². The van der Waals surface area contributed by atoms with Crippen LogP contribution in [0.5, 0.6) is 0 Å². The number of guanidine groups is 1. The van der Waals surface area contributed by atoms with E-state index >= 15 is 0 Å². The Morgan fingerprint density at radius 1 is 1.39 bits per heavy atom. The largest absolute Gasteiger partial charge is 0.357 e. The molecule has 0 amide bonds. The lowest BCUT2D eigenvalue weighted by Gasteiger charge is -2.39. The molecule has 3 atom stereocenters. The van der Waals surface area contributed by atoms with E-state index in [2.05, 4.69) is 69.5 Å². The van der Waals surface area contributed by atoms with Crippen molar-refractivity contribution < 1.29 is 0 Å². The molecule has 28 heavy (non-hydrogen) atoms. The Morgan fingerprint density at radius 2 is 2.21 bits per heavy atom. The molecule has 3 unspecified atom stereocenters. The summed E-state index contributed by atoms with van der Waals surface area (Å²) >= 11 is 0. The Bertz CT molecular complexity index is 762. The van der Waals surface area contributed by atoms with Crippen LogP contribution in [-0.4, -0.2) is 56.4 Å². The summed E-state index contributed by atoms with van der Waals surface area (Å²) in [6, 6.07) is 2.57. The molecule has 1 fully saturated rings. The maximum Gasteiger partial charge on any atom is 0.193 e. The van der Waals surface area contributed by atoms with Crippen molar-refractivity contribution in [2.24, 2.45) is 16.8 Å². The molecule has 1 N–H and O–H groups in total. The number of imidazole rings is 1. The zero-order valence-corrected chi connectivity index (χ0v) is 18.0. The van der Waals surface area contributed by atoms with Crippen LogP contribution in [0.25, 0.3) is 0 Å². The summed E-state index contributed by atoms with van der Waals surface area (Å²) < 4.78 is 4.34. The molecular weight excluding hydrogens is 350 g/mol. The number of nitrogens with zero attached hydrogens (tertiary/aromatic N) is 6. The fraction of sp³-hybridized carbons (Fsp3) is 0.667. The van der Waals surface area contributed by atoms with Gasteiger partial charge in [0.25, 0.3) is 0 Å². The minimum atomic E-state index is 0.430. The standard InChI is InChI=1S/C21H35N7/c1-6-23-21(24-12-16(2)13-28-19(5)11-18(4)25-28)26-9-7-17(3)20(14-26)27-10-8-22-15-27/h8,10-11,15-17,20H,6-7,9,12-14H2,1-5H3,(H,23,24). The summed E-state index contributed by atoms with van der Waals surface area (Å²) in [6.45, 7) is 15.5. The number of aromatic nitrogens is 4. The third-order valence-corrected chi connectivity index (χ3v) is 5.60. The van der Waals surface area contributed by atoms with E-state index in [4.69, 9.17) is 4.99 Å². The molecule has 154 valence electrons. The van der Waals surface area contributed by atoms with E-state index in [0.717, 1.165) is 50.8 Å². The smallest absolute Gasteiger partial charge is 0.193 e. The van der Waals surface area contributed by atoms with Gasteiger partial charge in [0.05, 0.1) is 18.1 Å². The zero-order chi connectivity index (χ0) is 20.1. The van der Waals surface area contributed by atoms with E-state index in [1.165, 1.54) is 5.69 Å². The van der Waals surface area contributed by atoms with Gasteiger partial charge in [0.1, 0.15) is 0 Å². The normalized spacial score (nSPS) is 21.8. The average molecular weight is 386 g/mol. The highest BCUT2D eigenvalue weighted by molar-refractivity contribution is 5.80. The summed E-state index contributed by atoms with van der Waals surface area (Å²) in [6.07, 6.45) is 7.04. The van der Waals surface area contributed by atoms with Gasteiger partial charge in [-0.1, -0.05) is 13.8 Å². The quantitative estimate of drug-likeness (QED) is 0.613. The monoisotopic (exact) mass is 385 g/mol. The predicted octanol–water partition coefficient (Wildman–Crippen LogP) is 2.88. The lowest BCUT2D eigenvalue weighted by molar-refractivity contribution is 0.188. The van der Waals surface area contributed by atoms with E-state index in [9.17, 15) is 0 Å². The predicted molar refractivity (Wildman–Crippen MR) is 113 cm³/mol. The fourth-order valence-corrected chi connectivity index (χ4v) is 3.98.